The van der Waals surface area contributed by atoms with E-state index in [1.807, 2.05) is 30.3 Å². The van der Waals surface area contributed by atoms with Gasteiger partial charge in [-0.1, -0.05) is 36.4 Å². The molecule has 0 aliphatic heterocycles. The number of aldehydes is 1. The molecule has 0 aromatic heterocycles. The summed E-state index contributed by atoms with van der Waals surface area (Å²) in [4.78, 5) is 11.0. The van der Waals surface area contributed by atoms with E-state index in [2.05, 4.69) is 0 Å². The Morgan fingerprint density at radius 1 is 1.12 bits per heavy atom. The van der Waals surface area contributed by atoms with Crippen molar-refractivity contribution in [1.82, 2.24) is 0 Å². The third-order valence-electron chi connectivity index (χ3n) is 2.33. The highest BCUT2D eigenvalue weighted by atomic mass is 32.2. The molecule has 0 fully saturated rings. The topological polar surface area (TPSA) is 17.1 Å². The molecule has 2 aromatic rings. The lowest BCUT2D eigenvalue weighted by atomic mass is 10.2. The average Bonchev–Trinajstić information content (AvgIpc) is 2.38. The van der Waals surface area contributed by atoms with Crippen LogP contribution in [0.4, 0.5) is 4.39 Å². The summed E-state index contributed by atoms with van der Waals surface area (Å²) in [5, 5.41) is 0. The van der Waals surface area contributed by atoms with Gasteiger partial charge >= 0.3 is 0 Å². The van der Waals surface area contributed by atoms with Gasteiger partial charge in [-0.05, 0) is 17.7 Å². The van der Waals surface area contributed by atoms with Crippen LogP contribution >= 0.6 is 11.8 Å². The van der Waals surface area contributed by atoms with Crippen LogP contribution in [0.2, 0.25) is 0 Å². The predicted molar refractivity (Wildman–Crippen MR) is 67.8 cm³/mol. The molecule has 3 heteroatoms. The summed E-state index contributed by atoms with van der Waals surface area (Å²) in [5.74, 6) is 0.383. The second-order valence-electron chi connectivity index (χ2n) is 3.58. The van der Waals surface area contributed by atoms with E-state index >= 15 is 0 Å². The van der Waals surface area contributed by atoms with Crippen molar-refractivity contribution in [3.05, 3.63) is 65.5 Å². The summed E-state index contributed by atoms with van der Waals surface area (Å²) in [7, 11) is 0. The van der Waals surface area contributed by atoms with Crippen molar-refractivity contribution in [2.24, 2.45) is 0 Å². The summed E-state index contributed by atoms with van der Waals surface area (Å²) in [6, 6.07) is 14.4. The van der Waals surface area contributed by atoms with Gasteiger partial charge in [0, 0.05) is 16.2 Å². The highest BCUT2D eigenvalue weighted by Crippen LogP contribution is 2.25. The van der Waals surface area contributed by atoms with Crippen LogP contribution in [0.1, 0.15) is 15.9 Å². The number of benzene rings is 2. The molecule has 0 N–H and O–H groups in total. The molecule has 0 heterocycles. The largest absolute Gasteiger partial charge is 0.298 e. The third-order valence-corrected chi connectivity index (χ3v) is 3.45. The van der Waals surface area contributed by atoms with Gasteiger partial charge in [-0.2, -0.15) is 0 Å². The summed E-state index contributed by atoms with van der Waals surface area (Å²) in [6.07, 6.45) is 0.648. The first-order chi connectivity index (χ1) is 8.29. The molecule has 0 saturated heterocycles. The van der Waals surface area contributed by atoms with Gasteiger partial charge in [-0.3, -0.25) is 4.79 Å². The Morgan fingerprint density at radius 2 is 1.88 bits per heavy atom. The quantitative estimate of drug-likeness (QED) is 0.600. The van der Waals surface area contributed by atoms with Crippen molar-refractivity contribution in [2.75, 3.05) is 0 Å². The van der Waals surface area contributed by atoms with Crippen molar-refractivity contribution >= 4 is 18.0 Å². The standard InChI is InChI=1S/C14H11FOS/c15-13-8-12(9-16)6-7-14(13)17-10-11-4-2-1-3-5-11/h1-9H,10H2. The van der Waals surface area contributed by atoms with Gasteiger partial charge in [0.15, 0.2) is 0 Å². The SMILES string of the molecule is O=Cc1ccc(SCc2ccccc2)c(F)c1. The second kappa shape index (κ2) is 5.64. The van der Waals surface area contributed by atoms with Gasteiger partial charge in [0.1, 0.15) is 12.1 Å². The molecule has 0 amide bonds. The van der Waals surface area contributed by atoms with Crippen molar-refractivity contribution in [2.45, 2.75) is 10.6 Å². The lowest BCUT2D eigenvalue weighted by molar-refractivity contribution is 0.112. The molecule has 0 spiro atoms. The number of hydrogen-bond donors (Lipinski definition) is 0. The Hall–Kier alpha value is -1.61. The molecule has 0 aliphatic carbocycles. The highest BCUT2D eigenvalue weighted by molar-refractivity contribution is 7.98. The lowest BCUT2D eigenvalue weighted by Crippen LogP contribution is -1.87. The van der Waals surface area contributed by atoms with Crippen molar-refractivity contribution in [3.8, 4) is 0 Å². The molecular weight excluding hydrogens is 235 g/mol. The van der Waals surface area contributed by atoms with E-state index in [4.69, 9.17) is 0 Å². The van der Waals surface area contributed by atoms with Crippen molar-refractivity contribution < 1.29 is 9.18 Å². The van der Waals surface area contributed by atoms with Gasteiger partial charge in [-0.25, -0.2) is 4.39 Å². The maximum absolute atomic E-state index is 13.6. The maximum atomic E-state index is 13.6. The number of carbonyl (C=O) groups excluding carboxylic acids is 1. The van der Waals surface area contributed by atoms with Gasteiger partial charge in [-0.15, -0.1) is 11.8 Å². The Kier molecular flexibility index (Phi) is 3.94. The van der Waals surface area contributed by atoms with E-state index < -0.39 is 0 Å². The van der Waals surface area contributed by atoms with Crippen LogP contribution < -0.4 is 0 Å². The maximum Gasteiger partial charge on any atom is 0.150 e. The first-order valence-electron chi connectivity index (χ1n) is 5.21. The second-order valence-corrected chi connectivity index (χ2v) is 4.60. The minimum atomic E-state index is -0.337. The molecule has 17 heavy (non-hydrogen) atoms. The number of carbonyl (C=O) groups is 1. The molecule has 0 radical (unpaired) electrons. The lowest BCUT2D eigenvalue weighted by Gasteiger charge is -2.03. The molecule has 0 saturated carbocycles. The highest BCUT2D eigenvalue weighted by Gasteiger charge is 2.04. The van der Waals surface area contributed by atoms with E-state index in [1.165, 1.54) is 17.8 Å². The Labute approximate surface area is 104 Å². The molecule has 0 bridgehead atoms. The zero-order valence-corrected chi connectivity index (χ0v) is 9.91. The van der Waals surface area contributed by atoms with Gasteiger partial charge < -0.3 is 0 Å². The van der Waals surface area contributed by atoms with Gasteiger partial charge in [0.25, 0.3) is 0 Å². The van der Waals surface area contributed by atoms with E-state index in [0.29, 0.717) is 16.7 Å². The fourth-order valence-corrected chi connectivity index (χ4v) is 2.32. The fraction of sp³-hybridized carbons (Fsp3) is 0.0714. The molecule has 0 atom stereocenters. The van der Waals surface area contributed by atoms with Crippen molar-refractivity contribution in [1.29, 1.82) is 0 Å². The van der Waals surface area contributed by atoms with Crippen LogP contribution in [0.25, 0.3) is 0 Å². The first-order valence-corrected chi connectivity index (χ1v) is 6.19. The molecule has 86 valence electrons. The molecule has 1 nitrogen and oxygen atoms in total. The molecule has 0 unspecified atom stereocenters. The number of rotatable bonds is 4. The van der Waals surface area contributed by atoms with Crippen LogP contribution in [-0.2, 0) is 5.75 Å². The van der Waals surface area contributed by atoms with E-state index in [-0.39, 0.29) is 5.82 Å². The smallest absolute Gasteiger partial charge is 0.150 e. The zero-order chi connectivity index (χ0) is 12.1. The Morgan fingerprint density at radius 3 is 2.53 bits per heavy atom. The van der Waals surface area contributed by atoms with Crippen LogP contribution in [0.15, 0.2) is 53.4 Å². The zero-order valence-electron chi connectivity index (χ0n) is 9.10. The van der Waals surface area contributed by atoms with Crippen molar-refractivity contribution in [3.63, 3.8) is 0 Å². The summed E-state index contributed by atoms with van der Waals surface area (Å²) >= 11 is 1.43. The molecule has 0 aliphatic rings. The summed E-state index contributed by atoms with van der Waals surface area (Å²) in [6.45, 7) is 0. The number of hydrogen-bond acceptors (Lipinski definition) is 2. The number of thioether (sulfide) groups is 1. The molecule has 2 rings (SSSR count). The number of halogens is 1. The minimum absolute atomic E-state index is 0.337. The minimum Gasteiger partial charge on any atom is -0.298 e. The predicted octanol–water partition coefficient (Wildman–Crippen LogP) is 3.93. The molecular formula is C14H11FOS. The Balaban J connectivity index is 2.07. The van der Waals surface area contributed by atoms with Crippen LogP contribution in [-0.4, -0.2) is 6.29 Å². The third kappa shape index (κ3) is 3.17. The van der Waals surface area contributed by atoms with Crippen LogP contribution in [0.3, 0.4) is 0 Å². The van der Waals surface area contributed by atoms with Crippen LogP contribution in [0, 0.1) is 5.82 Å². The average molecular weight is 246 g/mol. The Bertz CT molecular complexity index is 511. The summed E-state index contributed by atoms with van der Waals surface area (Å²) < 4.78 is 13.6. The van der Waals surface area contributed by atoms with E-state index in [9.17, 15) is 9.18 Å². The van der Waals surface area contributed by atoms with Crippen LogP contribution in [0.5, 0.6) is 0 Å². The fourth-order valence-electron chi connectivity index (χ4n) is 1.44. The van der Waals surface area contributed by atoms with E-state index in [0.717, 1.165) is 11.3 Å². The first kappa shape index (κ1) is 11.9. The summed E-state index contributed by atoms with van der Waals surface area (Å²) in [5.41, 5.74) is 1.52. The normalized spacial score (nSPS) is 10.2. The van der Waals surface area contributed by atoms with E-state index in [1.54, 1.807) is 12.1 Å². The van der Waals surface area contributed by atoms with Gasteiger partial charge in [0.2, 0.25) is 0 Å². The monoisotopic (exact) mass is 246 g/mol. The molecule has 2 aromatic carbocycles. The van der Waals surface area contributed by atoms with Gasteiger partial charge in [0.05, 0.1) is 0 Å².